The number of hydrogen-bond acceptors (Lipinski definition) is 4. The largest absolute Gasteiger partial charge is 0.296 e. The maximum atomic E-state index is 12.6. The maximum Gasteiger partial charge on any atom is 0.275 e. The summed E-state index contributed by atoms with van der Waals surface area (Å²) in [7, 11) is 0. The van der Waals surface area contributed by atoms with Crippen LogP contribution in [0.1, 0.15) is 31.0 Å². The highest BCUT2D eigenvalue weighted by molar-refractivity contribution is 5.76. The molecule has 0 atom stereocenters. The van der Waals surface area contributed by atoms with Gasteiger partial charge in [-0.15, -0.1) is 0 Å². The molecule has 0 saturated carbocycles. The van der Waals surface area contributed by atoms with Gasteiger partial charge in [-0.1, -0.05) is 19.9 Å². The zero-order valence-corrected chi connectivity index (χ0v) is 14.3. The summed E-state index contributed by atoms with van der Waals surface area (Å²) in [4.78, 5) is 21.6. The number of rotatable bonds is 3. The molecule has 0 aromatic carbocycles. The molecule has 4 rings (SSSR count). The van der Waals surface area contributed by atoms with Gasteiger partial charge in [-0.25, -0.2) is 19.2 Å². The van der Waals surface area contributed by atoms with Crippen molar-refractivity contribution in [3.05, 3.63) is 64.6 Å². The van der Waals surface area contributed by atoms with Gasteiger partial charge < -0.3 is 0 Å². The lowest BCUT2D eigenvalue weighted by Crippen LogP contribution is -2.21. The van der Waals surface area contributed by atoms with Crippen molar-refractivity contribution in [1.29, 1.82) is 0 Å². The summed E-state index contributed by atoms with van der Waals surface area (Å²) >= 11 is 0. The quantitative estimate of drug-likeness (QED) is 0.624. The fourth-order valence-electron chi connectivity index (χ4n) is 2.97. The highest BCUT2D eigenvalue weighted by Gasteiger charge is 2.17. The van der Waals surface area contributed by atoms with Crippen LogP contribution < -0.4 is 5.56 Å². The number of aromatic nitrogens is 6. The summed E-state index contributed by atoms with van der Waals surface area (Å²) in [5.74, 6) is 0.911. The van der Waals surface area contributed by atoms with Crippen LogP contribution in [0.5, 0.6) is 0 Å². The van der Waals surface area contributed by atoms with Gasteiger partial charge in [0.1, 0.15) is 0 Å². The van der Waals surface area contributed by atoms with Crippen LogP contribution in [0.3, 0.4) is 0 Å². The summed E-state index contributed by atoms with van der Waals surface area (Å²) < 4.78 is 3.18. The molecule has 0 amide bonds. The zero-order valence-electron chi connectivity index (χ0n) is 14.3. The van der Waals surface area contributed by atoms with Crippen LogP contribution >= 0.6 is 0 Å². The van der Waals surface area contributed by atoms with Crippen molar-refractivity contribution in [3.8, 4) is 16.9 Å². The van der Waals surface area contributed by atoms with Crippen LogP contribution in [-0.4, -0.2) is 29.4 Å². The van der Waals surface area contributed by atoms with E-state index in [2.05, 4.69) is 15.2 Å². The number of nitrogens with one attached hydrogen (secondary N) is 1. The van der Waals surface area contributed by atoms with Crippen LogP contribution in [0.2, 0.25) is 0 Å². The molecule has 1 N–H and O–H groups in total. The van der Waals surface area contributed by atoms with Gasteiger partial charge in [0.05, 0.1) is 11.9 Å². The first-order valence-corrected chi connectivity index (χ1v) is 8.13. The predicted molar refractivity (Wildman–Crippen MR) is 95.0 cm³/mol. The van der Waals surface area contributed by atoms with E-state index in [4.69, 9.17) is 4.98 Å². The average molecular weight is 334 g/mol. The molecule has 7 nitrogen and oxygen atoms in total. The van der Waals surface area contributed by atoms with Gasteiger partial charge in [0, 0.05) is 35.3 Å². The third-order valence-electron chi connectivity index (χ3n) is 4.25. The van der Waals surface area contributed by atoms with E-state index in [1.807, 2.05) is 45.2 Å². The lowest BCUT2D eigenvalue weighted by Gasteiger charge is -2.08. The maximum absolute atomic E-state index is 12.6. The van der Waals surface area contributed by atoms with Gasteiger partial charge >= 0.3 is 0 Å². The van der Waals surface area contributed by atoms with Crippen molar-refractivity contribution in [3.63, 3.8) is 0 Å². The van der Waals surface area contributed by atoms with E-state index in [0.29, 0.717) is 11.2 Å². The van der Waals surface area contributed by atoms with Gasteiger partial charge in [0.15, 0.2) is 11.5 Å². The Bertz CT molecular complexity index is 1100. The van der Waals surface area contributed by atoms with E-state index in [1.165, 1.54) is 4.52 Å². The Morgan fingerprint density at radius 3 is 2.80 bits per heavy atom. The second kappa shape index (κ2) is 5.70. The molecule has 4 aromatic rings. The Hall–Kier alpha value is -3.22. The fourth-order valence-corrected chi connectivity index (χ4v) is 2.97. The van der Waals surface area contributed by atoms with Crippen molar-refractivity contribution in [2.75, 3.05) is 0 Å². The normalized spacial score (nSPS) is 11.5. The fraction of sp³-hybridized carbons (Fsp3) is 0.222. The van der Waals surface area contributed by atoms with E-state index in [9.17, 15) is 4.79 Å². The second-order valence-electron chi connectivity index (χ2n) is 6.29. The first-order chi connectivity index (χ1) is 12.1. The van der Waals surface area contributed by atoms with Crippen LogP contribution in [0.25, 0.3) is 22.6 Å². The minimum Gasteiger partial charge on any atom is -0.296 e. The molecule has 0 aliphatic carbocycles. The molecule has 0 spiro atoms. The Morgan fingerprint density at radius 2 is 2.08 bits per heavy atom. The number of nitrogens with zero attached hydrogens (tertiary/aromatic N) is 5. The van der Waals surface area contributed by atoms with E-state index in [0.717, 1.165) is 22.6 Å². The molecule has 0 bridgehead atoms. The molecule has 7 heteroatoms. The van der Waals surface area contributed by atoms with Crippen LogP contribution in [0.15, 0.2) is 47.8 Å². The van der Waals surface area contributed by atoms with Crippen molar-refractivity contribution < 1.29 is 0 Å². The number of aromatic amines is 1. The molecule has 0 radical (unpaired) electrons. The first kappa shape index (κ1) is 15.3. The molecule has 0 saturated heterocycles. The van der Waals surface area contributed by atoms with Crippen LogP contribution in [-0.2, 0) is 0 Å². The molecular weight excluding hydrogens is 316 g/mol. The molecule has 0 aliphatic heterocycles. The summed E-state index contributed by atoms with van der Waals surface area (Å²) in [6, 6.07) is 5.66. The van der Waals surface area contributed by atoms with E-state index in [-0.39, 0.29) is 11.5 Å². The van der Waals surface area contributed by atoms with E-state index < -0.39 is 0 Å². The second-order valence-corrected chi connectivity index (χ2v) is 6.29. The number of H-pyrrole nitrogens is 1. The minimum atomic E-state index is -0.0722. The molecular formula is C18H18N6O. The lowest BCUT2D eigenvalue weighted by atomic mass is 10.1. The molecule has 126 valence electrons. The van der Waals surface area contributed by atoms with Gasteiger partial charge in [-0.05, 0) is 25.0 Å². The molecule has 25 heavy (non-hydrogen) atoms. The van der Waals surface area contributed by atoms with E-state index >= 15 is 0 Å². The third-order valence-corrected chi connectivity index (χ3v) is 4.25. The van der Waals surface area contributed by atoms with Crippen molar-refractivity contribution >= 4 is 5.65 Å². The van der Waals surface area contributed by atoms with Gasteiger partial charge in [-0.2, -0.15) is 5.10 Å². The monoisotopic (exact) mass is 334 g/mol. The van der Waals surface area contributed by atoms with Crippen LogP contribution in [0, 0.1) is 6.92 Å². The molecule has 4 aromatic heterocycles. The third kappa shape index (κ3) is 2.44. The molecule has 4 heterocycles. The Labute approximate surface area is 144 Å². The SMILES string of the molecule is Cc1c(C(C)C)nc2c(-c3cnn(-c4ccccn4)c3)c[nH]n2c1=O. The van der Waals surface area contributed by atoms with Crippen molar-refractivity contribution in [1.82, 2.24) is 29.4 Å². The Morgan fingerprint density at radius 1 is 1.24 bits per heavy atom. The van der Waals surface area contributed by atoms with Gasteiger partial charge in [-0.3, -0.25) is 9.89 Å². The molecule has 0 unspecified atom stereocenters. The Balaban J connectivity index is 1.88. The number of pyridine rings is 1. The minimum absolute atomic E-state index is 0.0722. The topological polar surface area (TPSA) is 80.9 Å². The zero-order chi connectivity index (χ0) is 17.6. The standard InChI is InChI=1S/C18H18N6O/c1-11(2)16-12(3)18(25)24-17(22-16)14(9-21-24)13-8-20-23(10-13)15-6-4-5-7-19-15/h4-11,21H,1-3H3. The van der Waals surface area contributed by atoms with Crippen molar-refractivity contribution in [2.45, 2.75) is 26.7 Å². The van der Waals surface area contributed by atoms with Gasteiger partial charge in [0.25, 0.3) is 5.56 Å². The Kier molecular flexibility index (Phi) is 3.49. The predicted octanol–water partition coefficient (Wildman–Crippen LogP) is 2.70. The molecule has 0 aliphatic rings. The van der Waals surface area contributed by atoms with E-state index in [1.54, 1.807) is 23.3 Å². The number of fused-ring (bicyclic) bond motifs is 1. The summed E-state index contributed by atoms with van der Waals surface area (Å²) in [5.41, 5.74) is 3.74. The average Bonchev–Trinajstić information content (AvgIpc) is 3.25. The lowest BCUT2D eigenvalue weighted by molar-refractivity contribution is 0.781. The first-order valence-electron chi connectivity index (χ1n) is 8.13. The van der Waals surface area contributed by atoms with Crippen molar-refractivity contribution in [2.24, 2.45) is 0 Å². The van der Waals surface area contributed by atoms with Crippen LogP contribution in [0.4, 0.5) is 0 Å². The highest BCUT2D eigenvalue weighted by Crippen LogP contribution is 2.24. The summed E-state index contributed by atoms with van der Waals surface area (Å²) in [6.07, 6.45) is 7.14. The summed E-state index contributed by atoms with van der Waals surface area (Å²) in [5, 5.41) is 7.37. The molecule has 0 fully saturated rings. The van der Waals surface area contributed by atoms with Gasteiger partial charge in [0.2, 0.25) is 0 Å². The smallest absolute Gasteiger partial charge is 0.275 e. The number of hydrogen-bond donors (Lipinski definition) is 1. The highest BCUT2D eigenvalue weighted by atomic mass is 16.1. The summed E-state index contributed by atoms with van der Waals surface area (Å²) in [6.45, 7) is 5.89.